The molecule has 0 spiro atoms. The zero-order valence-electron chi connectivity index (χ0n) is 13.6. The third kappa shape index (κ3) is 4.10. The summed E-state index contributed by atoms with van der Waals surface area (Å²) in [6.07, 6.45) is 2.41. The van der Waals surface area contributed by atoms with Gasteiger partial charge < -0.3 is 4.90 Å². The molecule has 2 aromatic heterocycles. The first-order valence-electron chi connectivity index (χ1n) is 8.10. The average Bonchev–Trinajstić information content (AvgIpc) is 3.27. The van der Waals surface area contributed by atoms with E-state index in [0.717, 1.165) is 41.3 Å². The lowest BCUT2D eigenvalue weighted by Crippen LogP contribution is -2.33. The number of para-hydroxylation sites is 1. The molecule has 124 valence electrons. The lowest BCUT2D eigenvalue weighted by atomic mass is 10.2. The Morgan fingerprint density at radius 3 is 2.71 bits per heavy atom. The fraction of sp³-hybridized carbons (Fsp3) is 0.263. The van der Waals surface area contributed by atoms with Gasteiger partial charge in [0, 0.05) is 28.6 Å². The van der Waals surface area contributed by atoms with E-state index < -0.39 is 0 Å². The molecule has 0 unspecified atom stereocenters. The van der Waals surface area contributed by atoms with Crippen molar-refractivity contribution in [3.63, 3.8) is 0 Å². The van der Waals surface area contributed by atoms with Crippen LogP contribution in [0.1, 0.15) is 25.5 Å². The Kier molecular flexibility index (Phi) is 5.77. The summed E-state index contributed by atoms with van der Waals surface area (Å²) in [6, 6.07) is 12.0. The average molecular weight is 357 g/mol. The second kappa shape index (κ2) is 8.22. The number of rotatable bonds is 7. The number of nitrogens with zero attached hydrogens (tertiary/aromatic N) is 2. The topological polar surface area (TPSA) is 33.2 Å². The summed E-state index contributed by atoms with van der Waals surface area (Å²) < 4.78 is 0. The number of aromatic nitrogens is 1. The molecule has 24 heavy (non-hydrogen) atoms. The lowest BCUT2D eigenvalue weighted by molar-refractivity contribution is -0.118. The van der Waals surface area contributed by atoms with Crippen LogP contribution in [0.5, 0.6) is 0 Å². The van der Waals surface area contributed by atoms with E-state index in [-0.39, 0.29) is 5.91 Å². The maximum Gasteiger partial charge on any atom is 0.233 e. The third-order valence-corrected chi connectivity index (χ3v) is 5.38. The van der Waals surface area contributed by atoms with Crippen LogP contribution in [0.2, 0.25) is 0 Å². The van der Waals surface area contributed by atoms with Gasteiger partial charge in [0.05, 0.1) is 12.1 Å². The minimum atomic E-state index is 0.108. The van der Waals surface area contributed by atoms with Gasteiger partial charge in [-0.2, -0.15) is 11.3 Å². The van der Waals surface area contributed by atoms with Crippen molar-refractivity contribution in [1.29, 1.82) is 0 Å². The van der Waals surface area contributed by atoms with Crippen molar-refractivity contribution in [3.05, 3.63) is 58.2 Å². The Morgan fingerprint density at radius 1 is 1.17 bits per heavy atom. The molecular formula is C19H20N2OS2. The highest BCUT2D eigenvalue weighted by Gasteiger charge is 2.17. The Hall–Kier alpha value is -1.98. The molecule has 2 heterocycles. The molecule has 3 aromatic rings. The van der Waals surface area contributed by atoms with Crippen LogP contribution in [0.3, 0.4) is 0 Å². The zero-order valence-corrected chi connectivity index (χ0v) is 15.3. The number of hydrogen-bond acceptors (Lipinski definition) is 4. The lowest BCUT2D eigenvalue weighted by Gasteiger charge is -2.22. The zero-order chi connectivity index (χ0) is 16.8. The highest BCUT2D eigenvalue weighted by molar-refractivity contribution is 7.14. The molecule has 1 amide bonds. The highest BCUT2D eigenvalue weighted by Crippen LogP contribution is 2.26. The van der Waals surface area contributed by atoms with Crippen LogP contribution in [0.4, 0.5) is 5.69 Å². The summed E-state index contributed by atoms with van der Waals surface area (Å²) in [5.41, 5.74) is 2.95. The van der Waals surface area contributed by atoms with E-state index in [4.69, 9.17) is 0 Å². The van der Waals surface area contributed by atoms with Crippen LogP contribution >= 0.6 is 22.7 Å². The number of benzene rings is 1. The minimum Gasteiger partial charge on any atom is -0.312 e. The summed E-state index contributed by atoms with van der Waals surface area (Å²) >= 11 is 3.26. The van der Waals surface area contributed by atoms with Crippen LogP contribution in [0.25, 0.3) is 10.6 Å². The maximum atomic E-state index is 12.8. The van der Waals surface area contributed by atoms with Gasteiger partial charge in [-0.3, -0.25) is 4.79 Å². The van der Waals surface area contributed by atoms with Crippen LogP contribution < -0.4 is 4.90 Å². The predicted octanol–water partition coefficient (Wildman–Crippen LogP) is 5.25. The van der Waals surface area contributed by atoms with E-state index in [1.165, 1.54) is 0 Å². The van der Waals surface area contributed by atoms with Gasteiger partial charge in [0.25, 0.3) is 0 Å². The Balaban J connectivity index is 1.73. The van der Waals surface area contributed by atoms with Crippen molar-refractivity contribution in [1.82, 2.24) is 4.98 Å². The molecule has 0 N–H and O–H groups in total. The van der Waals surface area contributed by atoms with E-state index in [9.17, 15) is 4.79 Å². The van der Waals surface area contributed by atoms with Crippen molar-refractivity contribution < 1.29 is 4.79 Å². The molecule has 0 aliphatic heterocycles. The Morgan fingerprint density at radius 2 is 2.00 bits per heavy atom. The molecule has 0 fully saturated rings. The second-order valence-corrected chi connectivity index (χ2v) is 7.21. The predicted molar refractivity (Wildman–Crippen MR) is 103 cm³/mol. The first-order chi connectivity index (χ1) is 11.8. The Bertz CT molecular complexity index is 766. The van der Waals surface area contributed by atoms with Crippen LogP contribution in [-0.4, -0.2) is 17.4 Å². The van der Waals surface area contributed by atoms with E-state index in [2.05, 4.69) is 23.4 Å². The number of carbonyl (C=O) groups excluding carboxylic acids is 1. The van der Waals surface area contributed by atoms with Gasteiger partial charge in [-0.25, -0.2) is 4.98 Å². The quantitative estimate of drug-likeness (QED) is 0.579. The van der Waals surface area contributed by atoms with Crippen molar-refractivity contribution >= 4 is 34.3 Å². The van der Waals surface area contributed by atoms with Crippen molar-refractivity contribution in [3.8, 4) is 10.6 Å². The number of hydrogen-bond donors (Lipinski definition) is 0. The number of thiophene rings is 1. The molecule has 0 saturated carbocycles. The maximum absolute atomic E-state index is 12.8. The highest BCUT2D eigenvalue weighted by atomic mass is 32.1. The molecule has 0 aliphatic carbocycles. The fourth-order valence-electron chi connectivity index (χ4n) is 2.48. The van der Waals surface area contributed by atoms with E-state index in [1.807, 2.05) is 46.0 Å². The summed E-state index contributed by atoms with van der Waals surface area (Å²) in [5.74, 6) is 0.108. The molecule has 0 saturated heterocycles. The Labute approximate surface area is 150 Å². The van der Waals surface area contributed by atoms with Crippen molar-refractivity contribution in [2.75, 3.05) is 11.4 Å². The summed E-state index contributed by atoms with van der Waals surface area (Å²) in [7, 11) is 0. The van der Waals surface area contributed by atoms with Crippen molar-refractivity contribution in [2.24, 2.45) is 0 Å². The molecule has 0 aliphatic rings. The third-order valence-electron chi connectivity index (χ3n) is 3.76. The fourth-order valence-corrected chi connectivity index (χ4v) is 4.01. The standard InChI is InChI=1S/C19H20N2OS2/c1-2-3-10-21(17-7-5-4-6-8-17)18(22)12-16-14-24-19(20-16)15-9-11-23-13-15/h4-9,11,13-14H,2-3,10,12H2,1H3. The van der Waals surface area contributed by atoms with Gasteiger partial charge in [-0.1, -0.05) is 31.5 Å². The van der Waals surface area contributed by atoms with Gasteiger partial charge in [0.15, 0.2) is 0 Å². The van der Waals surface area contributed by atoms with Crippen molar-refractivity contribution in [2.45, 2.75) is 26.2 Å². The minimum absolute atomic E-state index is 0.108. The van der Waals surface area contributed by atoms with E-state index >= 15 is 0 Å². The molecule has 0 radical (unpaired) electrons. The van der Waals surface area contributed by atoms with Gasteiger partial charge in [0.2, 0.25) is 5.91 Å². The van der Waals surface area contributed by atoms with E-state index in [1.54, 1.807) is 22.7 Å². The molecular weight excluding hydrogens is 336 g/mol. The largest absolute Gasteiger partial charge is 0.312 e. The smallest absolute Gasteiger partial charge is 0.233 e. The molecule has 1 aromatic carbocycles. The van der Waals surface area contributed by atoms with Crippen LogP contribution in [-0.2, 0) is 11.2 Å². The molecule has 3 rings (SSSR count). The summed E-state index contributed by atoms with van der Waals surface area (Å²) in [4.78, 5) is 19.3. The number of unbranched alkanes of at least 4 members (excludes halogenated alkanes) is 1. The SMILES string of the molecule is CCCCN(C(=O)Cc1csc(-c2ccsc2)n1)c1ccccc1. The molecule has 5 heteroatoms. The normalized spacial score (nSPS) is 10.7. The number of thiazole rings is 1. The number of carbonyl (C=O) groups is 1. The van der Waals surface area contributed by atoms with Gasteiger partial charge >= 0.3 is 0 Å². The van der Waals surface area contributed by atoms with Crippen LogP contribution in [0.15, 0.2) is 52.5 Å². The van der Waals surface area contributed by atoms with Gasteiger partial charge in [-0.05, 0) is 30.0 Å². The molecule has 3 nitrogen and oxygen atoms in total. The van der Waals surface area contributed by atoms with E-state index in [0.29, 0.717) is 6.42 Å². The summed E-state index contributed by atoms with van der Waals surface area (Å²) in [5, 5.41) is 7.11. The van der Waals surface area contributed by atoms with Crippen LogP contribution in [0, 0.1) is 0 Å². The first-order valence-corrected chi connectivity index (χ1v) is 9.92. The van der Waals surface area contributed by atoms with Gasteiger partial charge in [0.1, 0.15) is 5.01 Å². The number of anilines is 1. The second-order valence-electron chi connectivity index (χ2n) is 5.57. The number of amides is 1. The monoisotopic (exact) mass is 356 g/mol. The molecule has 0 atom stereocenters. The molecule has 0 bridgehead atoms. The summed E-state index contributed by atoms with van der Waals surface area (Å²) in [6.45, 7) is 2.89. The van der Waals surface area contributed by atoms with Gasteiger partial charge in [-0.15, -0.1) is 11.3 Å². The first kappa shape index (κ1) is 16.9.